The zero-order valence-electron chi connectivity index (χ0n) is 15.6. The van der Waals surface area contributed by atoms with Crippen LogP contribution >= 0.6 is 24.4 Å². The van der Waals surface area contributed by atoms with Gasteiger partial charge in [-0.05, 0) is 36.1 Å². The minimum atomic E-state index is 0.220. The van der Waals surface area contributed by atoms with Gasteiger partial charge in [0.15, 0.2) is 0 Å². The SMILES string of the molecule is Cc1ccccc1C1C2C(=S)N(C)C(c3ccccc3C)C2C(=S)N1C. The molecule has 0 aromatic heterocycles. The standard InChI is InChI=1S/C22H24N2S2/c1-13-9-5-7-11-15(13)19-17-18(22(26)23(19)3)20(24(4)21(17)25)16-12-8-6-10-14(16)2/h5-12,17-20H,1-4H3. The molecule has 4 atom stereocenters. The molecule has 2 saturated heterocycles. The summed E-state index contributed by atoms with van der Waals surface area (Å²) >= 11 is 11.9. The lowest BCUT2D eigenvalue weighted by molar-refractivity contribution is 0.350. The predicted octanol–water partition coefficient (Wildman–Crippen LogP) is 4.86. The van der Waals surface area contributed by atoms with Gasteiger partial charge in [-0.15, -0.1) is 0 Å². The third-order valence-corrected chi connectivity index (χ3v) is 7.30. The Bertz CT molecular complexity index is 818. The first-order valence-corrected chi connectivity index (χ1v) is 9.89. The van der Waals surface area contributed by atoms with Crippen molar-refractivity contribution >= 4 is 34.4 Å². The van der Waals surface area contributed by atoms with Gasteiger partial charge in [-0.3, -0.25) is 0 Å². The molecule has 26 heavy (non-hydrogen) atoms. The second-order valence-electron chi connectivity index (χ2n) is 7.55. The fourth-order valence-electron chi connectivity index (χ4n) is 4.84. The number of nitrogens with zero attached hydrogens (tertiary/aromatic N) is 2. The van der Waals surface area contributed by atoms with Crippen LogP contribution in [0.2, 0.25) is 0 Å². The molecule has 4 heteroatoms. The average Bonchev–Trinajstić information content (AvgIpc) is 3.02. The first-order chi connectivity index (χ1) is 12.4. The molecule has 2 aromatic rings. The van der Waals surface area contributed by atoms with E-state index in [-0.39, 0.29) is 23.9 Å². The molecule has 0 N–H and O–H groups in total. The lowest BCUT2D eigenvalue weighted by atomic mass is 9.82. The third-order valence-electron chi connectivity index (χ3n) is 6.18. The lowest BCUT2D eigenvalue weighted by Crippen LogP contribution is -2.33. The molecule has 2 aromatic carbocycles. The van der Waals surface area contributed by atoms with Gasteiger partial charge in [-0.25, -0.2) is 0 Å². The number of hydrogen-bond acceptors (Lipinski definition) is 2. The quantitative estimate of drug-likeness (QED) is 0.686. The van der Waals surface area contributed by atoms with E-state index in [0.717, 1.165) is 9.98 Å². The predicted molar refractivity (Wildman–Crippen MR) is 116 cm³/mol. The van der Waals surface area contributed by atoms with Crippen LogP contribution in [0.15, 0.2) is 48.5 Å². The molecule has 0 saturated carbocycles. The molecule has 0 radical (unpaired) electrons. The van der Waals surface area contributed by atoms with Crippen LogP contribution in [-0.4, -0.2) is 33.9 Å². The van der Waals surface area contributed by atoms with Gasteiger partial charge in [-0.2, -0.15) is 0 Å². The minimum absolute atomic E-state index is 0.220. The van der Waals surface area contributed by atoms with E-state index in [0.29, 0.717) is 0 Å². The van der Waals surface area contributed by atoms with Crippen molar-refractivity contribution in [2.45, 2.75) is 25.9 Å². The molecular formula is C22H24N2S2. The number of aryl methyl sites for hydroxylation is 2. The summed E-state index contributed by atoms with van der Waals surface area (Å²) < 4.78 is 0. The van der Waals surface area contributed by atoms with Gasteiger partial charge in [0, 0.05) is 25.9 Å². The Morgan fingerprint density at radius 3 is 1.35 bits per heavy atom. The Labute approximate surface area is 166 Å². The van der Waals surface area contributed by atoms with Gasteiger partial charge < -0.3 is 9.80 Å². The highest BCUT2D eigenvalue weighted by Gasteiger charge is 2.57. The van der Waals surface area contributed by atoms with Crippen LogP contribution in [0.4, 0.5) is 0 Å². The maximum absolute atomic E-state index is 5.97. The van der Waals surface area contributed by atoms with Crippen LogP contribution in [0.25, 0.3) is 0 Å². The molecule has 0 bridgehead atoms. The van der Waals surface area contributed by atoms with Gasteiger partial charge in [0.05, 0.1) is 22.1 Å². The summed E-state index contributed by atoms with van der Waals surface area (Å²) in [6.07, 6.45) is 0. The summed E-state index contributed by atoms with van der Waals surface area (Å²) in [5.41, 5.74) is 5.28. The number of benzene rings is 2. The fraction of sp³-hybridized carbons (Fsp3) is 0.364. The molecule has 4 rings (SSSR count). The molecular weight excluding hydrogens is 356 g/mol. The highest BCUT2D eigenvalue weighted by Crippen LogP contribution is 2.54. The number of fused-ring (bicyclic) bond motifs is 1. The molecule has 0 spiro atoms. The Morgan fingerprint density at radius 1 is 0.654 bits per heavy atom. The Kier molecular flexibility index (Phi) is 4.36. The molecule has 134 valence electrons. The summed E-state index contributed by atoms with van der Waals surface area (Å²) in [7, 11) is 4.27. The van der Waals surface area contributed by atoms with Crippen molar-refractivity contribution < 1.29 is 0 Å². The van der Waals surface area contributed by atoms with Crippen molar-refractivity contribution in [2.24, 2.45) is 11.8 Å². The molecule has 0 amide bonds. The van der Waals surface area contributed by atoms with E-state index in [1.807, 2.05) is 0 Å². The Hall–Kier alpha value is -1.78. The van der Waals surface area contributed by atoms with E-state index < -0.39 is 0 Å². The van der Waals surface area contributed by atoms with Gasteiger partial charge in [0.2, 0.25) is 0 Å². The van der Waals surface area contributed by atoms with Gasteiger partial charge >= 0.3 is 0 Å². The highest BCUT2D eigenvalue weighted by atomic mass is 32.1. The van der Waals surface area contributed by atoms with E-state index in [1.165, 1.54) is 22.3 Å². The molecule has 2 heterocycles. The molecule has 0 aliphatic carbocycles. The molecule has 2 fully saturated rings. The number of thiocarbonyl (C=S) groups is 2. The fourth-order valence-corrected chi connectivity index (χ4v) is 5.62. The second kappa shape index (κ2) is 6.43. The molecule has 2 nitrogen and oxygen atoms in total. The lowest BCUT2D eigenvalue weighted by Gasteiger charge is -2.31. The summed E-state index contributed by atoms with van der Waals surface area (Å²) in [5.74, 6) is 0.497. The monoisotopic (exact) mass is 380 g/mol. The van der Waals surface area contributed by atoms with Crippen LogP contribution in [0, 0.1) is 25.7 Å². The summed E-state index contributed by atoms with van der Waals surface area (Å²) in [4.78, 5) is 6.64. The van der Waals surface area contributed by atoms with Gasteiger partial charge in [0.25, 0.3) is 0 Å². The van der Waals surface area contributed by atoms with Crippen LogP contribution < -0.4 is 0 Å². The molecule has 2 aliphatic heterocycles. The first-order valence-electron chi connectivity index (χ1n) is 9.08. The van der Waals surface area contributed by atoms with Crippen molar-refractivity contribution in [3.63, 3.8) is 0 Å². The van der Waals surface area contributed by atoms with Crippen LogP contribution in [0.1, 0.15) is 34.3 Å². The van der Waals surface area contributed by atoms with E-state index >= 15 is 0 Å². The summed E-state index contributed by atoms with van der Waals surface area (Å²) in [6.45, 7) is 4.36. The van der Waals surface area contributed by atoms with E-state index in [4.69, 9.17) is 24.4 Å². The normalized spacial score (nSPS) is 28.0. The maximum atomic E-state index is 5.97. The van der Waals surface area contributed by atoms with Crippen molar-refractivity contribution in [3.05, 3.63) is 70.8 Å². The van der Waals surface area contributed by atoms with Crippen LogP contribution in [-0.2, 0) is 0 Å². The van der Waals surface area contributed by atoms with E-state index in [9.17, 15) is 0 Å². The van der Waals surface area contributed by atoms with Crippen molar-refractivity contribution in [3.8, 4) is 0 Å². The molecule has 4 unspecified atom stereocenters. The second-order valence-corrected chi connectivity index (χ2v) is 8.39. The number of hydrogen-bond donors (Lipinski definition) is 0. The third kappa shape index (κ3) is 2.43. The van der Waals surface area contributed by atoms with Gasteiger partial charge in [0.1, 0.15) is 0 Å². The summed E-state index contributed by atoms with van der Waals surface area (Å²) in [6, 6.07) is 17.7. The summed E-state index contributed by atoms with van der Waals surface area (Å²) in [5, 5.41) is 0. The Morgan fingerprint density at radius 2 is 1.00 bits per heavy atom. The number of likely N-dealkylation sites (tertiary alicyclic amines) is 2. The van der Waals surface area contributed by atoms with Crippen LogP contribution in [0.5, 0.6) is 0 Å². The van der Waals surface area contributed by atoms with Crippen molar-refractivity contribution in [2.75, 3.05) is 14.1 Å². The average molecular weight is 381 g/mol. The van der Waals surface area contributed by atoms with Crippen molar-refractivity contribution in [1.29, 1.82) is 0 Å². The zero-order valence-corrected chi connectivity index (χ0v) is 17.3. The number of rotatable bonds is 2. The maximum Gasteiger partial charge on any atom is 0.0845 e. The highest BCUT2D eigenvalue weighted by molar-refractivity contribution is 7.81. The zero-order chi connectivity index (χ0) is 18.6. The van der Waals surface area contributed by atoms with E-state index in [1.54, 1.807) is 0 Å². The van der Waals surface area contributed by atoms with E-state index in [2.05, 4.69) is 86.3 Å². The Balaban J connectivity index is 1.84. The largest absolute Gasteiger partial charge is 0.361 e. The minimum Gasteiger partial charge on any atom is -0.361 e. The topological polar surface area (TPSA) is 6.48 Å². The first kappa shape index (κ1) is 17.6. The van der Waals surface area contributed by atoms with Gasteiger partial charge in [-0.1, -0.05) is 73.0 Å². The molecule has 2 aliphatic rings. The smallest absolute Gasteiger partial charge is 0.0845 e. The van der Waals surface area contributed by atoms with Crippen LogP contribution in [0.3, 0.4) is 0 Å². The van der Waals surface area contributed by atoms with Crippen molar-refractivity contribution in [1.82, 2.24) is 9.80 Å².